The molecule has 180 valence electrons. The van der Waals surface area contributed by atoms with E-state index in [1.165, 1.54) is 36.4 Å². The first-order valence-corrected chi connectivity index (χ1v) is 10.9. The molecule has 2 aliphatic carbocycles. The van der Waals surface area contributed by atoms with Crippen molar-refractivity contribution in [3.63, 3.8) is 0 Å². The Morgan fingerprint density at radius 2 is 1.54 bits per heavy atom. The third-order valence-electron chi connectivity index (χ3n) is 6.67. The average molecular weight is 484 g/mol. The van der Waals surface area contributed by atoms with Crippen LogP contribution in [0.1, 0.15) is 22.3 Å². The Balaban J connectivity index is 1.20. The van der Waals surface area contributed by atoms with Gasteiger partial charge in [0.05, 0.1) is 34.3 Å². The molecule has 10 heteroatoms. The molecule has 1 aliphatic heterocycles. The lowest BCUT2D eigenvalue weighted by Gasteiger charge is -2.17. The van der Waals surface area contributed by atoms with Crippen LogP contribution in [0.3, 0.4) is 0 Å². The molecule has 3 amide bonds. The molecule has 2 aromatic carbocycles. The summed E-state index contributed by atoms with van der Waals surface area (Å²) in [7, 11) is 0. The summed E-state index contributed by atoms with van der Waals surface area (Å²) in [6.45, 7) is -0.797. The van der Waals surface area contributed by atoms with Gasteiger partial charge in [0, 0.05) is 0 Å². The number of benzene rings is 2. The number of imide groups is 1. The average Bonchev–Trinajstić information content (AvgIpc) is 3.51. The van der Waals surface area contributed by atoms with Crippen molar-refractivity contribution in [2.75, 3.05) is 16.8 Å². The van der Waals surface area contributed by atoms with Gasteiger partial charge in [-0.2, -0.15) is 13.2 Å². The van der Waals surface area contributed by atoms with Crippen LogP contribution >= 0.6 is 0 Å². The molecule has 5 rings (SSSR count). The molecule has 4 atom stereocenters. The first-order chi connectivity index (χ1) is 16.6. The number of esters is 1. The monoisotopic (exact) mass is 484 g/mol. The molecule has 1 saturated carbocycles. The maximum Gasteiger partial charge on any atom is 0.418 e. The number of halogens is 3. The van der Waals surface area contributed by atoms with Crippen LogP contribution in [0.2, 0.25) is 0 Å². The van der Waals surface area contributed by atoms with E-state index in [1.54, 1.807) is 0 Å². The number of amides is 3. The van der Waals surface area contributed by atoms with E-state index >= 15 is 0 Å². The second kappa shape index (κ2) is 8.37. The number of para-hydroxylation sites is 1. The van der Waals surface area contributed by atoms with Crippen LogP contribution in [0, 0.1) is 23.7 Å². The van der Waals surface area contributed by atoms with E-state index in [-0.39, 0.29) is 41.0 Å². The van der Waals surface area contributed by atoms with E-state index in [2.05, 4.69) is 5.32 Å². The summed E-state index contributed by atoms with van der Waals surface area (Å²) < 4.78 is 44.1. The van der Waals surface area contributed by atoms with Gasteiger partial charge >= 0.3 is 12.1 Å². The number of nitrogens with zero attached hydrogens (tertiary/aromatic N) is 1. The van der Waals surface area contributed by atoms with Crippen molar-refractivity contribution in [3.8, 4) is 0 Å². The zero-order valence-corrected chi connectivity index (χ0v) is 18.1. The van der Waals surface area contributed by atoms with Crippen molar-refractivity contribution in [2.24, 2.45) is 23.7 Å². The smallest absolute Gasteiger partial charge is 0.418 e. The van der Waals surface area contributed by atoms with E-state index in [0.717, 1.165) is 23.5 Å². The fourth-order valence-electron chi connectivity index (χ4n) is 5.14. The van der Waals surface area contributed by atoms with E-state index in [4.69, 9.17) is 4.74 Å². The minimum absolute atomic E-state index is 0.0540. The number of alkyl halides is 3. The molecular weight excluding hydrogens is 465 g/mol. The Kier molecular flexibility index (Phi) is 5.46. The van der Waals surface area contributed by atoms with Gasteiger partial charge in [0.1, 0.15) is 0 Å². The number of allylic oxidation sites excluding steroid dienone is 2. The molecule has 2 bridgehead atoms. The number of hydrogen-bond acceptors (Lipinski definition) is 5. The van der Waals surface area contributed by atoms with Gasteiger partial charge < -0.3 is 10.1 Å². The highest BCUT2D eigenvalue weighted by molar-refractivity contribution is 6.22. The van der Waals surface area contributed by atoms with Crippen LogP contribution in [-0.4, -0.2) is 30.3 Å². The molecule has 1 N–H and O–H groups in total. The van der Waals surface area contributed by atoms with Gasteiger partial charge in [-0.15, -0.1) is 0 Å². The second-order valence-corrected chi connectivity index (χ2v) is 8.73. The topological polar surface area (TPSA) is 92.8 Å². The molecular formula is C25H19F3N2O5. The lowest BCUT2D eigenvalue weighted by atomic mass is 9.85. The van der Waals surface area contributed by atoms with Crippen molar-refractivity contribution in [3.05, 3.63) is 71.8 Å². The van der Waals surface area contributed by atoms with Gasteiger partial charge in [-0.05, 0) is 54.7 Å². The van der Waals surface area contributed by atoms with Crippen molar-refractivity contribution < 1.29 is 37.1 Å². The number of nitrogens with one attached hydrogen (secondary N) is 1. The van der Waals surface area contributed by atoms with Crippen LogP contribution in [0.4, 0.5) is 24.5 Å². The molecule has 0 spiro atoms. The molecule has 0 unspecified atom stereocenters. The van der Waals surface area contributed by atoms with Crippen molar-refractivity contribution in [1.82, 2.24) is 0 Å². The quantitative estimate of drug-likeness (QED) is 0.396. The molecule has 7 nitrogen and oxygen atoms in total. The molecule has 3 aliphatic rings. The maximum atomic E-state index is 13.0. The summed E-state index contributed by atoms with van der Waals surface area (Å²) >= 11 is 0. The number of anilines is 2. The third kappa shape index (κ3) is 3.98. The van der Waals surface area contributed by atoms with Crippen LogP contribution in [0.25, 0.3) is 0 Å². The summed E-state index contributed by atoms with van der Waals surface area (Å²) in [6.07, 6.45) is 0.158. The van der Waals surface area contributed by atoms with Crippen LogP contribution in [-0.2, 0) is 25.3 Å². The summed E-state index contributed by atoms with van der Waals surface area (Å²) in [5.41, 5.74) is -1.07. The normalized spacial score (nSPS) is 24.6. The first-order valence-electron chi connectivity index (χ1n) is 10.9. The zero-order valence-electron chi connectivity index (χ0n) is 18.1. The predicted molar refractivity (Wildman–Crippen MR) is 117 cm³/mol. The number of carbonyl (C=O) groups is 4. The third-order valence-corrected chi connectivity index (χ3v) is 6.67. The molecule has 2 aromatic rings. The minimum atomic E-state index is -4.66. The number of ether oxygens (including phenoxy) is 1. The van der Waals surface area contributed by atoms with Gasteiger partial charge in [-0.1, -0.05) is 24.3 Å². The highest BCUT2D eigenvalue weighted by Crippen LogP contribution is 2.53. The van der Waals surface area contributed by atoms with Crippen LogP contribution < -0.4 is 10.2 Å². The molecule has 35 heavy (non-hydrogen) atoms. The predicted octanol–water partition coefficient (Wildman–Crippen LogP) is 3.81. The van der Waals surface area contributed by atoms with E-state index in [1.807, 2.05) is 12.2 Å². The molecule has 1 saturated heterocycles. The number of carbonyl (C=O) groups excluding carboxylic acids is 4. The summed E-state index contributed by atoms with van der Waals surface area (Å²) in [5, 5.41) is 2.09. The Hall–Kier alpha value is -3.95. The van der Waals surface area contributed by atoms with Crippen LogP contribution in [0.5, 0.6) is 0 Å². The fourth-order valence-corrected chi connectivity index (χ4v) is 5.14. The van der Waals surface area contributed by atoms with Crippen molar-refractivity contribution >= 4 is 35.1 Å². The number of fused-ring (bicyclic) bond motifs is 5. The Morgan fingerprint density at radius 1 is 0.943 bits per heavy atom. The van der Waals surface area contributed by atoms with Crippen molar-refractivity contribution in [1.29, 1.82) is 0 Å². The summed E-state index contributed by atoms with van der Waals surface area (Å²) in [6, 6.07) is 10.1. The molecule has 2 fully saturated rings. The highest BCUT2D eigenvalue weighted by atomic mass is 19.4. The van der Waals surface area contributed by atoms with Crippen molar-refractivity contribution in [2.45, 2.75) is 12.6 Å². The SMILES string of the molecule is O=C(COC(=O)c1ccc(N2C(=O)[C@@H]3[C@H](C2=O)[C@H]2C=C[C@H]3C2)cc1)Nc1ccccc1C(F)(F)F. The number of hydrogen-bond donors (Lipinski definition) is 1. The molecule has 1 heterocycles. The van der Waals surface area contributed by atoms with E-state index in [9.17, 15) is 32.3 Å². The minimum Gasteiger partial charge on any atom is -0.452 e. The van der Waals surface area contributed by atoms with Gasteiger partial charge in [0.2, 0.25) is 11.8 Å². The lowest BCUT2D eigenvalue weighted by Crippen LogP contribution is -2.32. The largest absolute Gasteiger partial charge is 0.452 e. The zero-order chi connectivity index (χ0) is 24.9. The summed E-state index contributed by atoms with van der Waals surface area (Å²) in [4.78, 5) is 51.3. The fraction of sp³-hybridized carbons (Fsp3) is 0.280. The Bertz CT molecular complexity index is 1220. The van der Waals surface area contributed by atoms with Gasteiger partial charge in [-0.25, -0.2) is 4.79 Å². The van der Waals surface area contributed by atoms with Gasteiger partial charge in [0.25, 0.3) is 5.91 Å². The second-order valence-electron chi connectivity index (χ2n) is 8.73. The van der Waals surface area contributed by atoms with Gasteiger partial charge in [0.15, 0.2) is 6.61 Å². The highest BCUT2D eigenvalue weighted by Gasteiger charge is 2.59. The molecule has 0 aromatic heterocycles. The number of rotatable bonds is 5. The summed E-state index contributed by atoms with van der Waals surface area (Å²) in [5.74, 6) is -2.84. The molecule has 0 radical (unpaired) electrons. The first kappa shape index (κ1) is 22.8. The standard InChI is InChI=1S/C25H19F3N2O5/c26-25(27,28)17-3-1-2-4-18(17)29-19(31)12-35-24(34)13-7-9-16(10-8-13)30-22(32)20-14-5-6-15(11-14)21(20)23(30)33/h1-10,14-15,20-21H,11-12H2,(H,29,31)/t14-,15-,20-,21+/m0/s1. The van der Waals surface area contributed by atoms with E-state index in [0.29, 0.717) is 5.69 Å². The van der Waals surface area contributed by atoms with Gasteiger partial charge in [-0.3, -0.25) is 19.3 Å². The Labute approximate surface area is 197 Å². The van der Waals surface area contributed by atoms with Crippen LogP contribution in [0.15, 0.2) is 60.7 Å². The Morgan fingerprint density at radius 3 is 2.14 bits per heavy atom. The lowest BCUT2D eigenvalue weighted by molar-refractivity contribution is -0.137. The van der Waals surface area contributed by atoms with E-state index < -0.39 is 35.9 Å². The maximum absolute atomic E-state index is 13.0.